The Kier molecular flexibility index (Phi) is 4.85. The Bertz CT molecular complexity index is 352. The Hall–Kier alpha value is -1.04. The standard InChI is InChI=1S/C16H26N2O/c1-13-7-3-4-8-14(13)11-18-15(19)16(12-17)9-5-2-6-10-16/h13-14H,2-11H2,1H3,(H,18,19). The van der Waals surface area contributed by atoms with E-state index < -0.39 is 5.41 Å². The van der Waals surface area contributed by atoms with E-state index in [1.807, 2.05) is 0 Å². The third-order valence-corrected chi connectivity index (χ3v) is 5.17. The van der Waals surface area contributed by atoms with Gasteiger partial charge in [0.1, 0.15) is 5.41 Å². The Morgan fingerprint density at radius 1 is 1.21 bits per heavy atom. The molecule has 2 unspecified atom stereocenters. The average molecular weight is 262 g/mol. The van der Waals surface area contributed by atoms with Crippen molar-refractivity contribution in [1.29, 1.82) is 5.26 Å². The number of nitriles is 1. The predicted molar refractivity (Wildman–Crippen MR) is 75.3 cm³/mol. The lowest BCUT2D eigenvalue weighted by atomic mass is 9.74. The monoisotopic (exact) mass is 262 g/mol. The first-order valence-corrected chi connectivity index (χ1v) is 7.87. The van der Waals surface area contributed by atoms with Crippen molar-refractivity contribution in [3.63, 3.8) is 0 Å². The molecule has 0 radical (unpaired) electrons. The maximum Gasteiger partial charge on any atom is 0.240 e. The number of nitrogens with one attached hydrogen (secondary N) is 1. The summed E-state index contributed by atoms with van der Waals surface area (Å²) in [6, 6.07) is 2.30. The number of carbonyl (C=O) groups is 1. The van der Waals surface area contributed by atoms with Crippen LogP contribution in [-0.2, 0) is 4.79 Å². The molecule has 0 aromatic heterocycles. The third-order valence-electron chi connectivity index (χ3n) is 5.17. The molecule has 0 aliphatic heterocycles. The lowest BCUT2D eigenvalue weighted by Gasteiger charge is -2.32. The Labute approximate surface area is 116 Å². The van der Waals surface area contributed by atoms with Gasteiger partial charge >= 0.3 is 0 Å². The van der Waals surface area contributed by atoms with Crippen LogP contribution >= 0.6 is 0 Å². The molecule has 1 amide bonds. The second-order valence-corrected chi connectivity index (χ2v) is 6.49. The second kappa shape index (κ2) is 6.41. The molecule has 0 spiro atoms. The molecule has 0 saturated heterocycles. The van der Waals surface area contributed by atoms with Crippen LogP contribution in [-0.4, -0.2) is 12.5 Å². The summed E-state index contributed by atoms with van der Waals surface area (Å²) in [5.74, 6) is 1.31. The maximum absolute atomic E-state index is 12.4. The van der Waals surface area contributed by atoms with Gasteiger partial charge in [0.05, 0.1) is 6.07 Å². The summed E-state index contributed by atoms with van der Waals surface area (Å²) in [4.78, 5) is 12.4. The molecular formula is C16H26N2O. The zero-order chi connectivity index (χ0) is 13.7. The van der Waals surface area contributed by atoms with Crippen molar-refractivity contribution in [2.24, 2.45) is 17.3 Å². The van der Waals surface area contributed by atoms with E-state index >= 15 is 0 Å². The van der Waals surface area contributed by atoms with Gasteiger partial charge in [-0.3, -0.25) is 4.79 Å². The van der Waals surface area contributed by atoms with E-state index in [0.717, 1.165) is 38.6 Å². The van der Waals surface area contributed by atoms with Crippen molar-refractivity contribution in [3.8, 4) is 6.07 Å². The van der Waals surface area contributed by atoms with E-state index in [1.54, 1.807) is 0 Å². The van der Waals surface area contributed by atoms with Crippen molar-refractivity contribution in [1.82, 2.24) is 5.32 Å². The minimum Gasteiger partial charge on any atom is -0.354 e. The van der Waals surface area contributed by atoms with Crippen LogP contribution in [0.15, 0.2) is 0 Å². The van der Waals surface area contributed by atoms with Crippen LogP contribution in [0.2, 0.25) is 0 Å². The van der Waals surface area contributed by atoms with Gasteiger partial charge in [0.2, 0.25) is 5.91 Å². The first kappa shape index (κ1) is 14.4. The van der Waals surface area contributed by atoms with E-state index in [2.05, 4.69) is 18.3 Å². The summed E-state index contributed by atoms with van der Waals surface area (Å²) in [7, 11) is 0. The number of hydrogen-bond acceptors (Lipinski definition) is 2. The van der Waals surface area contributed by atoms with Crippen molar-refractivity contribution in [2.75, 3.05) is 6.54 Å². The van der Waals surface area contributed by atoms with Crippen LogP contribution in [0, 0.1) is 28.6 Å². The normalized spacial score (nSPS) is 30.3. The molecule has 2 aliphatic rings. The average Bonchev–Trinajstić information content (AvgIpc) is 2.46. The number of rotatable bonds is 3. The minimum atomic E-state index is -0.726. The van der Waals surface area contributed by atoms with Gasteiger partial charge in [-0.2, -0.15) is 5.26 Å². The second-order valence-electron chi connectivity index (χ2n) is 6.49. The van der Waals surface area contributed by atoms with E-state index in [1.165, 1.54) is 25.7 Å². The zero-order valence-corrected chi connectivity index (χ0v) is 12.1. The van der Waals surface area contributed by atoms with Crippen molar-refractivity contribution >= 4 is 5.91 Å². The van der Waals surface area contributed by atoms with Crippen molar-refractivity contribution in [2.45, 2.75) is 64.7 Å². The summed E-state index contributed by atoms with van der Waals surface area (Å²) in [6.07, 6.45) is 9.80. The summed E-state index contributed by atoms with van der Waals surface area (Å²) in [5, 5.41) is 12.5. The van der Waals surface area contributed by atoms with Gasteiger partial charge in [-0.05, 0) is 31.1 Å². The van der Waals surface area contributed by atoms with Gasteiger partial charge in [-0.15, -0.1) is 0 Å². The van der Waals surface area contributed by atoms with E-state index in [0.29, 0.717) is 11.8 Å². The van der Waals surface area contributed by atoms with Crippen LogP contribution in [0.4, 0.5) is 0 Å². The number of carbonyl (C=O) groups excluding carboxylic acids is 1. The highest BCUT2D eigenvalue weighted by molar-refractivity contribution is 5.85. The quantitative estimate of drug-likeness (QED) is 0.847. The molecule has 0 bridgehead atoms. The maximum atomic E-state index is 12.4. The Morgan fingerprint density at radius 3 is 2.53 bits per heavy atom. The molecular weight excluding hydrogens is 236 g/mol. The highest BCUT2D eigenvalue weighted by atomic mass is 16.2. The number of hydrogen-bond donors (Lipinski definition) is 1. The highest BCUT2D eigenvalue weighted by Gasteiger charge is 2.40. The van der Waals surface area contributed by atoms with Crippen molar-refractivity contribution < 1.29 is 4.79 Å². The number of nitrogens with zero attached hydrogens (tertiary/aromatic N) is 1. The Balaban J connectivity index is 1.87. The minimum absolute atomic E-state index is 0.00697. The molecule has 19 heavy (non-hydrogen) atoms. The van der Waals surface area contributed by atoms with E-state index in [-0.39, 0.29) is 5.91 Å². The fourth-order valence-corrected chi connectivity index (χ4v) is 3.63. The molecule has 2 saturated carbocycles. The molecule has 106 valence electrons. The number of amides is 1. The van der Waals surface area contributed by atoms with Gasteiger partial charge in [-0.1, -0.05) is 45.4 Å². The first-order valence-electron chi connectivity index (χ1n) is 7.87. The van der Waals surface area contributed by atoms with Gasteiger partial charge in [0.15, 0.2) is 0 Å². The topological polar surface area (TPSA) is 52.9 Å². The molecule has 2 rings (SSSR count). The van der Waals surface area contributed by atoms with Crippen LogP contribution in [0.3, 0.4) is 0 Å². The summed E-state index contributed by atoms with van der Waals surface area (Å²) in [6.45, 7) is 3.06. The summed E-state index contributed by atoms with van der Waals surface area (Å²) in [5.41, 5.74) is -0.726. The van der Waals surface area contributed by atoms with Gasteiger partial charge in [0, 0.05) is 6.54 Å². The predicted octanol–water partition coefficient (Wildman–Crippen LogP) is 3.40. The van der Waals surface area contributed by atoms with E-state index in [4.69, 9.17) is 0 Å². The zero-order valence-electron chi connectivity index (χ0n) is 12.1. The SMILES string of the molecule is CC1CCCCC1CNC(=O)C1(C#N)CCCCC1. The fourth-order valence-electron chi connectivity index (χ4n) is 3.63. The van der Waals surface area contributed by atoms with Crippen LogP contribution in [0.5, 0.6) is 0 Å². The lowest BCUT2D eigenvalue weighted by Crippen LogP contribution is -2.44. The molecule has 0 heterocycles. The molecule has 3 nitrogen and oxygen atoms in total. The molecule has 2 atom stereocenters. The third kappa shape index (κ3) is 3.29. The fraction of sp³-hybridized carbons (Fsp3) is 0.875. The smallest absolute Gasteiger partial charge is 0.240 e. The first-order chi connectivity index (χ1) is 9.18. The molecule has 2 aliphatic carbocycles. The van der Waals surface area contributed by atoms with Crippen LogP contribution in [0.25, 0.3) is 0 Å². The van der Waals surface area contributed by atoms with Gasteiger partial charge in [0.25, 0.3) is 0 Å². The van der Waals surface area contributed by atoms with Crippen molar-refractivity contribution in [3.05, 3.63) is 0 Å². The van der Waals surface area contributed by atoms with Crippen LogP contribution < -0.4 is 5.32 Å². The van der Waals surface area contributed by atoms with Gasteiger partial charge in [-0.25, -0.2) is 0 Å². The molecule has 2 fully saturated rings. The van der Waals surface area contributed by atoms with Gasteiger partial charge < -0.3 is 5.32 Å². The largest absolute Gasteiger partial charge is 0.354 e. The summed E-state index contributed by atoms with van der Waals surface area (Å²) >= 11 is 0. The van der Waals surface area contributed by atoms with Crippen LogP contribution in [0.1, 0.15) is 64.7 Å². The Morgan fingerprint density at radius 2 is 1.89 bits per heavy atom. The molecule has 1 N–H and O–H groups in total. The molecule has 3 heteroatoms. The molecule has 0 aromatic carbocycles. The summed E-state index contributed by atoms with van der Waals surface area (Å²) < 4.78 is 0. The highest BCUT2D eigenvalue weighted by Crippen LogP contribution is 2.36. The molecule has 0 aromatic rings. The van der Waals surface area contributed by atoms with E-state index in [9.17, 15) is 10.1 Å². The lowest BCUT2D eigenvalue weighted by molar-refractivity contribution is -0.129.